The molecule has 0 spiro atoms. The normalized spacial score (nSPS) is 17.9. The van der Waals surface area contributed by atoms with Gasteiger partial charge in [-0.05, 0) is 43.0 Å². The summed E-state index contributed by atoms with van der Waals surface area (Å²) >= 11 is 1.33. The Kier molecular flexibility index (Phi) is 6.25. The SMILES string of the molecule is CCOc1cc2c(cc1/C=C1/SC(=Nc3ccccc3)N(CCOC)C1=O)OCO2. The number of amides is 1. The highest BCUT2D eigenvalue weighted by Gasteiger charge is 2.33. The molecule has 2 aliphatic heterocycles. The smallest absolute Gasteiger partial charge is 0.266 e. The highest BCUT2D eigenvalue weighted by molar-refractivity contribution is 8.18. The van der Waals surface area contributed by atoms with E-state index in [1.165, 1.54) is 11.8 Å². The van der Waals surface area contributed by atoms with Gasteiger partial charge in [-0.1, -0.05) is 18.2 Å². The number of methoxy groups -OCH3 is 1. The number of para-hydroxylation sites is 1. The third-order valence-electron chi connectivity index (χ3n) is 4.48. The average Bonchev–Trinajstić information content (AvgIpc) is 3.32. The zero-order valence-corrected chi connectivity index (χ0v) is 17.6. The lowest BCUT2D eigenvalue weighted by atomic mass is 10.1. The maximum absolute atomic E-state index is 13.1. The third-order valence-corrected chi connectivity index (χ3v) is 5.49. The van der Waals surface area contributed by atoms with Crippen LogP contribution >= 0.6 is 11.8 Å². The molecular formula is C22H22N2O5S. The number of amidine groups is 1. The van der Waals surface area contributed by atoms with Crippen LogP contribution in [0.2, 0.25) is 0 Å². The molecule has 8 heteroatoms. The second-order valence-corrected chi connectivity index (χ2v) is 7.48. The fraction of sp³-hybridized carbons (Fsp3) is 0.273. The monoisotopic (exact) mass is 426 g/mol. The van der Waals surface area contributed by atoms with Gasteiger partial charge >= 0.3 is 0 Å². The molecule has 2 aromatic carbocycles. The number of fused-ring (bicyclic) bond motifs is 1. The third kappa shape index (κ3) is 4.29. The van der Waals surface area contributed by atoms with Crippen LogP contribution in [0.3, 0.4) is 0 Å². The lowest BCUT2D eigenvalue weighted by Crippen LogP contribution is -2.32. The molecule has 0 saturated carbocycles. The topological polar surface area (TPSA) is 69.6 Å². The summed E-state index contributed by atoms with van der Waals surface area (Å²) < 4.78 is 21.9. The van der Waals surface area contributed by atoms with Crippen LogP contribution in [0, 0.1) is 0 Å². The molecule has 1 amide bonds. The van der Waals surface area contributed by atoms with Crippen molar-refractivity contribution in [3.05, 3.63) is 52.9 Å². The van der Waals surface area contributed by atoms with Crippen molar-refractivity contribution >= 4 is 34.6 Å². The summed E-state index contributed by atoms with van der Waals surface area (Å²) in [5.74, 6) is 1.79. The number of rotatable bonds is 7. The van der Waals surface area contributed by atoms with Crippen molar-refractivity contribution in [1.29, 1.82) is 0 Å². The number of hydrogen-bond donors (Lipinski definition) is 0. The summed E-state index contributed by atoms with van der Waals surface area (Å²) in [6.45, 7) is 3.42. The van der Waals surface area contributed by atoms with Gasteiger partial charge in [-0.3, -0.25) is 9.69 Å². The zero-order chi connectivity index (χ0) is 20.9. The van der Waals surface area contributed by atoms with E-state index in [1.807, 2.05) is 49.4 Å². The Hall–Kier alpha value is -2.97. The number of hydrogen-bond acceptors (Lipinski definition) is 7. The van der Waals surface area contributed by atoms with Crippen molar-refractivity contribution in [1.82, 2.24) is 4.90 Å². The van der Waals surface area contributed by atoms with Gasteiger partial charge in [0.1, 0.15) is 5.75 Å². The molecule has 2 heterocycles. The van der Waals surface area contributed by atoms with Crippen LogP contribution in [0.4, 0.5) is 5.69 Å². The van der Waals surface area contributed by atoms with Crippen molar-refractivity contribution < 1.29 is 23.7 Å². The first-order valence-corrected chi connectivity index (χ1v) is 10.4. The van der Waals surface area contributed by atoms with E-state index in [1.54, 1.807) is 18.1 Å². The maximum atomic E-state index is 13.1. The number of nitrogens with zero attached hydrogens (tertiary/aromatic N) is 2. The maximum Gasteiger partial charge on any atom is 0.266 e. The number of aliphatic imine (C=N–C) groups is 1. The van der Waals surface area contributed by atoms with Crippen LogP contribution in [0.1, 0.15) is 12.5 Å². The fourth-order valence-corrected chi connectivity index (χ4v) is 4.07. The molecule has 1 saturated heterocycles. The summed E-state index contributed by atoms with van der Waals surface area (Å²) in [7, 11) is 1.61. The molecule has 156 valence electrons. The number of benzene rings is 2. The van der Waals surface area contributed by atoms with Gasteiger partial charge in [0.15, 0.2) is 16.7 Å². The number of carbonyl (C=O) groups excluding carboxylic acids is 1. The van der Waals surface area contributed by atoms with Crippen LogP contribution in [0.25, 0.3) is 6.08 Å². The van der Waals surface area contributed by atoms with Gasteiger partial charge in [0.05, 0.1) is 30.4 Å². The van der Waals surface area contributed by atoms with E-state index < -0.39 is 0 Å². The Morgan fingerprint density at radius 2 is 1.97 bits per heavy atom. The number of ether oxygens (including phenoxy) is 4. The summed E-state index contributed by atoms with van der Waals surface area (Å²) in [5, 5.41) is 0.619. The van der Waals surface area contributed by atoms with Crippen molar-refractivity contribution in [3.63, 3.8) is 0 Å². The van der Waals surface area contributed by atoms with Crippen molar-refractivity contribution in [3.8, 4) is 17.2 Å². The van der Waals surface area contributed by atoms with Gasteiger partial charge in [0, 0.05) is 18.7 Å². The highest BCUT2D eigenvalue weighted by atomic mass is 32.2. The quantitative estimate of drug-likeness (QED) is 0.622. The lowest BCUT2D eigenvalue weighted by Gasteiger charge is -2.14. The summed E-state index contributed by atoms with van der Waals surface area (Å²) in [5.41, 5.74) is 1.54. The van der Waals surface area contributed by atoms with Crippen LogP contribution < -0.4 is 14.2 Å². The van der Waals surface area contributed by atoms with E-state index in [-0.39, 0.29) is 12.7 Å². The Bertz CT molecular complexity index is 991. The first-order chi connectivity index (χ1) is 14.7. The van der Waals surface area contributed by atoms with E-state index in [0.717, 1.165) is 11.3 Å². The summed E-state index contributed by atoms with van der Waals surface area (Å²) in [4.78, 5) is 20.0. The van der Waals surface area contributed by atoms with Gasteiger partial charge < -0.3 is 18.9 Å². The van der Waals surface area contributed by atoms with E-state index >= 15 is 0 Å². The Morgan fingerprint density at radius 1 is 1.20 bits per heavy atom. The first kappa shape index (κ1) is 20.3. The second-order valence-electron chi connectivity index (χ2n) is 6.47. The molecule has 0 aromatic heterocycles. The predicted octanol–water partition coefficient (Wildman–Crippen LogP) is 4.06. The van der Waals surface area contributed by atoms with Gasteiger partial charge in [0.2, 0.25) is 6.79 Å². The number of thioether (sulfide) groups is 1. The second kappa shape index (κ2) is 9.23. The van der Waals surface area contributed by atoms with Gasteiger partial charge in [0.25, 0.3) is 5.91 Å². The molecule has 0 radical (unpaired) electrons. The lowest BCUT2D eigenvalue weighted by molar-refractivity contribution is -0.122. The predicted molar refractivity (Wildman–Crippen MR) is 116 cm³/mol. The van der Waals surface area contributed by atoms with Gasteiger partial charge in [-0.15, -0.1) is 0 Å². The van der Waals surface area contributed by atoms with Crippen LogP contribution in [-0.2, 0) is 9.53 Å². The molecule has 0 unspecified atom stereocenters. The molecule has 2 aliphatic rings. The summed E-state index contributed by atoms with van der Waals surface area (Å²) in [6.07, 6.45) is 1.81. The van der Waals surface area contributed by atoms with Crippen LogP contribution in [0.5, 0.6) is 17.2 Å². The Morgan fingerprint density at radius 3 is 2.70 bits per heavy atom. The standard InChI is InChI=1S/C22H22N2O5S/c1-3-27-17-13-19-18(28-14-29-19)11-15(17)12-20-21(25)24(9-10-26-2)22(30-20)23-16-7-5-4-6-8-16/h4-8,11-13H,3,9-10,14H2,1-2H3/b20-12+,23-22?. The molecule has 30 heavy (non-hydrogen) atoms. The minimum absolute atomic E-state index is 0.119. The van der Waals surface area contributed by atoms with Crippen LogP contribution in [0.15, 0.2) is 52.4 Å². The van der Waals surface area contributed by atoms with Crippen molar-refractivity contribution in [2.24, 2.45) is 4.99 Å². The van der Waals surface area contributed by atoms with Gasteiger partial charge in [-0.25, -0.2) is 4.99 Å². The molecule has 0 aliphatic carbocycles. The summed E-state index contributed by atoms with van der Waals surface area (Å²) in [6, 6.07) is 13.2. The largest absolute Gasteiger partial charge is 0.493 e. The Balaban J connectivity index is 1.69. The van der Waals surface area contributed by atoms with Crippen LogP contribution in [-0.4, -0.2) is 49.6 Å². The molecule has 7 nitrogen and oxygen atoms in total. The molecule has 4 rings (SSSR count). The van der Waals surface area contributed by atoms with Crippen molar-refractivity contribution in [2.45, 2.75) is 6.92 Å². The molecule has 1 fully saturated rings. The zero-order valence-electron chi connectivity index (χ0n) is 16.8. The number of carbonyl (C=O) groups is 1. The van der Waals surface area contributed by atoms with E-state index in [4.69, 9.17) is 18.9 Å². The van der Waals surface area contributed by atoms with E-state index in [9.17, 15) is 4.79 Å². The minimum atomic E-state index is -0.119. The molecule has 0 atom stereocenters. The molecular weight excluding hydrogens is 404 g/mol. The van der Waals surface area contributed by atoms with E-state index in [0.29, 0.717) is 47.1 Å². The van der Waals surface area contributed by atoms with Gasteiger partial charge in [-0.2, -0.15) is 0 Å². The Labute approximate surface area is 179 Å². The molecule has 0 N–H and O–H groups in total. The first-order valence-electron chi connectivity index (χ1n) is 9.60. The average molecular weight is 426 g/mol. The van der Waals surface area contributed by atoms with E-state index in [2.05, 4.69) is 4.99 Å². The highest BCUT2D eigenvalue weighted by Crippen LogP contribution is 2.41. The van der Waals surface area contributed by atoms with Crippen molar-refractivity contribution in [2.75, 3.05) is 33.7 Å². The fourth-order valence-electron chi connectivity index (χ4n) is 3.06. The molecule has 2 aromatic rings. The minimum Gasteiger partial charge on any atom is -0.493 e. The molecule has 0 bridgehead atoms.